The smallest absolute Gasteiger partial charge is 0.0431 e. The summed E-state index contributed by atoms with van der Waals surface area (Å²) in [5.74, 6) is 0.447. The Labute approximate surface area is 311 Å². The average Bonchev–Trinajstić information content (AvgIpc) is 3.61. The molecule has 0 radical (unpaired) electrons. The average molecular weight is 692 g/mol. The molecule has 0 bridgehead atoms. The van der Waals surface area contributed by atoms with Crippen LogP contribution in [0.2, 0.25) is 0 Å². The molecule has 53 heavy (non-hydrogen) atoms. The van der Waals surface area contributed by atoms with Crippen LogP contribution in [0.3, 0.4) is 0 Å². The molecule has 2 aromatic heterocycles. The van der Waals surface area contributed by atoms with Gasteiger partial charge >= 0.3 is 0 Å². The van der Waals surface area contributed by atoms with Crippen molar-refractivity contribution in [2.45, 2.75) is 0 Å². The maximum absolute atomic E-state index is 4.53. The molecule has 2 atom stereocenters. The lowest BCUT2D eigenvalue weighted by molar-refractivity contribution is 0.687. The lowest BCUT2D eigenvalue weighted by atomic mass is 9.70. The molecule has 1 nitrogen and oxygen atoms in total. The Balaban J connectivity index is 1.17. The van der Waals surface area contributed by atoms with Crippen LogP contribution in [0.4, 0.5) is 0 Å². The molecule has 2 aliphatic carbocycles. The van der Waals surface area contributed by atoms with Crippen LogP contribution in [0.1, 0.15) is 11.1 Å². The van der Waals surface area contributed by atoms with Crippen molar-refractivity contribution < 1.29 is 0 Å². The van der Waals surface area contributed by atoms with Crippen LogP contribution < -0.4 is 10.4 Å². The molecule has 2 heteroatoms. The summed E-state index contributed by atoms with van der Waals surface area (Å²) in [4.78, 5) is 4.53. The summed E-state index contributed by atoms with van der Waals surface area (Å²) in [5.41, 5.74) is 10.4. The van der Waals surface area contributed by atoms with E-state index in [2.05, 4.69) is 181 Å². The van der Waals surface area contributed by atoms with Crippen LogP contribution in [0, 0.1) is 11.8 Å². The minimum Gasteiger partial charge on any atom is -0.264 e. The molecular formula is C51H33NS. The Hall–Kier alpha value is -6.35. The van der Waals surface area contributed by atoms with Crippen molar-refractivity contribution in [1.29, 1.82) is 0 Å². The predicted molar refractivity (Wildman–Crippen MR) is 225 cm³/mol. The van der Waals surface area contributed by atoms with Gasteiger partial charge in [-0.25, -0.2) is 0 Å². The maximum Gasteiger partial charge on any atom is 0.0431 e. The van der Waals surface area contributed by atoms with Crippen molar-refractivity contribution in [2.75, 3.05) is 0 Å². The van der Waals surface area contributed by atoms with Crippen molar-refractivity contribution >= 4 is 64.2 Å². The highest BCUT2D eigenvalue weighted by atomic mass is 32.1. The Kier molecular flexibility index (Phi) is 6.93. The first-order valence-electron chi connectivity index (χ1n) is 18.4. The lowest BCUT2D eigenvalue weighted by Gasteiger charge is -2.33. The topological polar surface area (TPSA) is 12.9 Å². The van der Waals surface area contributed by atoms with Crippen LogP contribution >= 0.6 is 11.3 Å². The number of aromatic nitrogens is 1. The van der Waals surface area contributed by atoms with E-state index in [-0.39, 0.29) is 11.8 Å². The summed E-state index contributed by atoms with van der Waals surface area (Å²) in [7, 11) is 0. The zero-order valence-corrected chi connectivity index (χ0v) is 29.7. The normalized spacial score (nSPS) is 16.5. The summed E-state index contributed by atoms with van der Waals surface area (Å²) in [6, 6.07) is 56.0. The summed E-state index contributed by atoms with van der Waals surface area (Å²) in [5, 5.41) is 10.4. The first-order chi connectivity index (χ1) is 26.3. The molecule has 0 fully saturated rings. The quantitative estimate of drug-likeness (QED) is 0.167. The molecule has 2 aliphatic rings. The predicted octanol–water partition coefficient (Wildman–Crippen LogP) is 11.9. The maximum atomic E-state index is 4.53. The number of allylic oxidation sites excluding steroid dienone is 4. The molecule has 9 aromatic rings. The minimum atomic E-state index is 0.220. The van der Waals surface area contributed by atoms with E-state index in [0.717, 1.165) is 0 Å². The van der Waals surface area contributed by atoms with Crippen LogP contribution in [-0.2, 0) is 0 Å². The Morgan fingerprint density at radius 1 is 0.434 bits per heavy atom. The van der Waals surface area contributed by atoms with Gasteiger partial charge in [0.05, 0.1) is 0 Å². The second kappa shape index (κ2) is 12.1. The van der Waals surface area contributed by atoms with Crippen LogP contribution in [0.15, 0.2) is 188 Å². The molecule has 0 N–H and O–H groups in total. The largest absolute Gasteiger partial charge is 0.264 e. The molecule has 0 saturated heterocycles. The van der Waals surface area contributed by atoms with Gasteiger partial charge in [0.15, 0.2) is 0 Å². The van der Waals surface area contributed by atoms with Gasteiger partial charge < -0.3 is 0 Å². The third-order valence-corrected chi connectivity index (χ3v) is 12.6. The molecule has 11 rings (SSSR count). The number of hydrogen-bond acceptors (Lipinski definition) is 2. The van der Waals surface area contributed by atoms with E-state index in [1.807, 2.05) is 23.7 Å². The summed E-state index contributed by atoms with van der Waals surface area (Å²) < 4.78 is 2.67. The fourth-order valence-corrected chi connectivity index (χ4v) is 10.5. The molecule has 0 amide bonds. The molecule has 0 spiro atoms. The van der Waals surface area contributed by atoms with E-state index in [1.54, 1.807) is 0 Å². The number of rotatable bonds is 4. The van der Waals surface area contributed by atoms with Crippen LogP contribution in [0.25, 0.3) is 75.1 Å². The van der Waals surface area contributed by atoms with E-state index >= 15 is 0 Å². The van der Waals surface area contributed by atoms with E-state index in [0.29, 0.717) is 0 Å². The Bertz CT molecular complexity index is 3060. The van der Waals surface area contributed by atoms with Gasteiger partial charge in [-0.1, -0.05) is 164 Å². The molecule has 0 aliphatic heterocycles. The van der Waals surface area contributed by atoms with Gasteiger partial charge in [-0.15, -0.1) is 11.3 Å². The van der Waals surface area contributed by atoms with Crippen LogP contribution in [-0.4, -0.2) is 4.98 Å². The van der Waals surface area contributed by atoms with Gasteiger partial charge in [0, 0.05) is 44.4 Å². The number of benzene rings is 7. The number of nitrogens with zero attached hydrogens (tertiary/aromatic N) is 1. The highest BCUT2D eigenvalue weighted by molar-refractivity contribution is 7.26. The third kappa shape index (κ3) is 4.66. The van der Waals surface area contributed by atoms with E-state index in [9.17, 15) is 0 Å². The third-order valence-electron chi connectivity index (χ3n) is 11.4. The summed E-state index contributed by atoms with van der Waals surface area (Å²) in [6.07, 6.45) is 13.1. The molecular weight excluding hydrogens is 659 g/mol. The standard InChI is InChI=1S/C51H33NS/c1-2-14-32(15-3-1)47-36-17-4-6-19-38(36)48(39-20-7-5-18-37(39)47)33-27-28-35-44-25-12-26-45(51(44)53-46(35)30-33)50-42-23-10-8-21-40(42)49(34-16-13-29-52-31-34)41-22-9-11-24-43(41)50/h1-31,40,42H. The van der Waals surface area contributed by atoms with E-state index in [1.165, 1.54) is 96.7 Å². The first-order valence-corrected chi connectivity index (χ1v) is 19.2. The summed E-state index contributed by atoms with van der Waals surface area (Å²) in [6.45, 7) is 0. The molecule has 0 saturated carbocycles. The van der Waals surface area contributed by atoms with E-state index < -0.39 is 0 Å². The van der Waals surface area contributed by atoms with Crippen molar-refractivity contribution in [2.24, 2.45) is 11.8 Å². The van der Waals surface area contributed by atoms with E-state index in [4.69, 9.17) is 0 Å². The van der Waals surface area contributed by atoms with Gasteiger partial charge in [-0.2, -0.15) is 0 Å². The van der Waals surface area contributed by atoms with Gasteiger partial charge in [0.25, 0.3) is 0 Å². The fourth-order valence-electron chi connectivity index (χ4n) is 9.19. The number of hydrogen-bond donors (Lipinski definition) is 0. The SMILES string of the molecule is C1=CC2C(c3cccnc3)=c3ccccc3=C(c3cccc4c3sc3cc(-c5c6ccccc6c(-c6ccccc6)c6ccccc56)ccc34)C2C=C1. The molecule has 2 unspecified atom stereocenters. The van der Waals surface area contributed by atoms with Gasteiger partial charge in [0.1, 0.15) is 0 Å². The highest BCUT2D eigenvalue weighted by Gasteiger charge is 2.33. The number of fused-ring (bicyclic) bond motifs is 7. The second-order valence-electron chi connectivity index (χ2n) is 14.1. The van der Waals surface area contributed by atoms with Crippen molar-refractivity contribution in [1.82, 2.24) is 4.98 Å². The minimum absolute atomic E-state index is 0.220. The Morgan fingerprint density at radius 2 is 1.02 bits per heavy atom. The molecule has 7 aromatic carbocycles. The number of thiophene rings is 1. The van der Waals surface area contributed by atoms with Crippen molar-refractivity contribution in [3.05, 3.63) is 210 Å². The first kappa shape index (κ1) is 30.3. The monoisotopic (exact) mass is 691 g/mol. The lowest BCUT2D eigenvalue weighted by Crippen LogP contribution is -2.40. The number of pyridine rings is 1. The molecule has 2 heterocycles. The van der Waals surface area contributed by atoms with Crippen LogP contribution in [0.5, 0.6) is 0 Å². The van der Waals surface area contributed by atoms with Gasteiger partial charge in [0.2, 0.25) is 0 Å². The van der Waals surface area contributed by atoms with Crippen molar-refractivity contribution in [3.8, 4) is 22.3 Å². The molecule has 248 valence electrons. The zero-order valence-electron chi connectivity index (χ0n) is 28.9. The Morgan fingerprint density at radius 3 is 1.70 bits per heavy atom. The zero-order chi connectivity index (χ0) is 34.9. The van der Waals surface area contributed by atoms with Gasteiger partial charge in [-0.05, 0) is 88.6 Å². The second-order valence-corrected chi connectivity index (χ2v) is 15.2. The fraction of sp³-hybridized carbons (Fsp3) is 0.0392. The summed E-state index contributed by atoms with van der Waals surface area (Å²) >= 11 is 1.93. The highest BCUT2D eigenvalue weighted by Crippen LogP contribution is 2.47. The van der Waals surface area contributed by atoms with Crippen molar-refractivity contribution in [3.63, 3.8) is 0 Å². The van der Waals surface area contributed by atoms with Gasteiger partial charge in [-0.3, -0.25) is 4.98 Å².